The van der Waals surface area contributed by atoms with Crippen molar-refractivity contribution < 1.29 is 9.53 Å². The smallest absolute Gasteiger partial charge is 0.322 e. The number of hydrogen-bond donors (Lipinski definition) is 3. The maximum absolute atomic E-state index is 11.7. The van der Waals surface area contributed by atoms with Gasteiger partial charge in [-0.15, -0.1) is 0 Å². The Morgan fingerprint density at radius 1 is 0.917 bits per heavy atom. The Morgan fingerprint density at radius 3 is 2.00 bits per heavy atom. The van der Waals surface area contributed by atoms with Crippen LogP contribution in [0.1, 0.15) is 84.0 Å². The van der Waals surface area contributed by atoms with E-state index in [2.05, 4.69) is 11.9 Å². The van der Waals surface area contributed by atoms with Crippen LogP contribution in [0.2, 0.25) is 0 Å². The van der Waals surface area contributed by atoms with Crippen LogP contribution < -0.4 is 17.2 Å². The third-order valence-electron chi connectivity index (χ3n) is 4.01. The summed E-state index contributed by atoms with van der Waals surface area (Å²) in [7, 11) is 0. The van der Waals surface area contributed by atoms with Crippen molar-refractivity contribution >= 4 is 11.9 Å². The third kappa shape index (κ3) is 15.6. The Hall–Kier alpha value is -1.30. The molecule has 6 nitrogen and oxygen atoms in total. The summed E-state index contributed by atoms with van der Waals surface area (Å²) >= 11 is 0. The highest BCUT2D eigenvalue weighted by molar-refractivity contribution is 5.76. The van der Waals surface area contributed by atoms with Gasteiger partial charge in [0.25, 0.3) is 0 Å². The minimum Gasteiger partial charge on any atom is -0.465 e. The van der Waals surface area contributed by atoms with Gasteiger partial charge in [-0.05, 0) is 19.3 Å². The Bertz CT molecular complexity index is 331. The summed E-state index contributed by atoms with van der Waals surface area (Å²) in [6.45, 7) is 3.20. The van der Waals surface area contributed by atoms with Crippen LogP contribution in [0.15, 0.2) is 4.99 Å². The van der Waals surface area contributed by atoms with Crippen LogP contribution in [0.4, 0.5) is 0 Å². The topological polar surface area (TPSA) is 117 Å². The minimum atomic E-state index is -0.581. The van der Waals surface area contributed by atoms with Gasteiger partial charge in [0.15, 0.2) is 5.96 Å². The first-order valence-corrected chi connectivity index (χ1v) is 9.55. The normalized spacial score (nSPS) is 11.9. The lowest BCUT2D eigenvalue weighted by molar-refractivity contribution is -0.145. The SMILES string of the molecule is CCCCCCCCCCCCOC(=O)[C@@H](N)CCCN=C(N)N. The molecule has 0 aromatic rings. The second-order valence-corrected chi connectivity index (χ2v) is 6.40. The molecule has 0 saturated carbocycles. The maximum Gasteiger partial charge on any atom is 0.322 e. The molecular formula is C18H38N4O2. The van der Waals surface area contributed by atoms with E-state index in [9.17, 15) is 4.79 Å². The summed E-state index contributed by atoms with van der Waals surface area (Å²) in [5, 5.41) is 0. The fraction of sp³-hybridized carbons (Fsp3) is 0.889. The highest BCUT2D eigenvalue weighted by Gasteiger charge is 2.13. The van der Waals surface area contributed by atoms with Crippen molar-refractivity contribution in [1.82, 2.24) is 0 Å². The molecule has 24 heavy (non-hydrogen) atoms. The molecule has 0 aliphatic carbocycles. The van der Waals surface area contributed by atoms with Crippen molar-refractivity contribution in [2.45, 2.75) is 90.0 Å². The molecule has 0 aliphatic heterocycles. The molecule has 0 radical (unpaired) electrons. The predicted molar refractivity (Wildman–Crippen MR) is 101 cm³/mol. The van der Waals surface area contributed by atoms with Gasteiger partial charge in [-0.25, -0.2) is 0 Å². The van der Waals surface area contributed by atoms with Gasteiger partial charge in [0.2, 0.25) is 0 Å². The summed E-state index contributed by atoms with van der Waals surface area (Å²) in [5.41, 5.74) is 16.2. The van der Waals surface area contributed by atoms with Gasteiger partial charge in [-0.2, -0.15) is 0 Å². The third-order valence-corrected chi connectivity index (χ3v) is 4.01. The molecule has 0 heterocycles. The number of guanidine groups is 1. The number of ether oxygens (including phenoxy) is 1. The van der Waals surface area contributed by atoms with Crippen LogP contribution in [0.3, 0.4) is 0 Å². The van der Waals surface area contributed by atoms with Gasteiger partial charge in [0, 0.05) is 6.54 Å². The van der Waals surface area contributed by atoms with Gasteiger partial charge in [-0.1, -0.05) is 64.7 Å². The lowest BCUT2D eigenvalue weighted by atomic mass is 10.1. The Morgan fingerprint density at radius 2 is 1.46 bits per heavy atom. The molecule has 0 aliphatic rings. The average molecular weight is 343 g/mol. The standard InChI is InChI=1S/C18H38N4O2/c1-2-3-4-5-6-7-8-9-10-11-15-24-17(23)16(19)13-12-14-22-18(20)21/h16H,2-15,19H2,1H3,(H4,20,21,22)/t16-/m0/s1. The van der Waals surface area contributed by atoms with Crippen LogP contribution >= 0.6 is 0 Å². The minimum absolute atomic E-state index is 0.0621. The fourth-order valence-electron chi connectivity index (χ4n) is 2.51. The summed E-state index contributed by atoms with van der Waals surface area (Å²) in [6, 6.07) is -0.581. The van der Waals surface area contributed by atoms with E-state index in [0.717, 1.165) is 12.8 Å². The summed E-state index contributed by atoms with van der Waals surface area (Å²) < 4.78 is 5.20. The van der Waals surface area contributed by atoms with Crippen molar-refractivity contribution in [3.8, 4) is 0 Å². The maximum atomic E-state index is 11.7. The number of nitrogens with zero attached hydrogens (tertiary/aromatic N) is 1. The Kier molecular flexibility index (Phi) is 15.7. The fourth-order valence-corrected chi connectivity index (χ4v) is 2.51. The van der Waals surface area contributed by atoms with E-state index in [0.29, 0.717) is 26.0 Å². The van der Waals surface area contributed by atoms with Crippen LogP contribution in [0.5, 0.6) is 0 Å². The van der Waals surface area contributed by atoms with Crippen LogP contribution in [0.25, 0.3) is 0 Å². The zero-order valence-corrected chi connectivity index (χ0v) is 15.5. The molecule has 0 unspecified atom stereocenters. The second-order valence-electron chi connectivity index (χ2n) is 6.40. The molecule has 6 heteroatoms. The van der Waals surface area contributed by atoms with Crippen molar-refractivity contribution in [3.05, 3.63) is 0 Å². The van der Waals surface area contributed by atoms with Crippen molar-refractivity contribution in [2.75, 3.05) is 13.2 Å². The first-order chi connectivity index (χ1) is 11.6. The number of hydrogen-bond acceptors (Lipinski definition) is 4. The van der Waals surface area contributed by atoms with Crippen molar-refractivity contribution in [1.29, 1.82) is 0 Å². The molecule has 0 rings (SSSR count). The highest BCUT2D eigenvalue weighted by Crippen LogP contribution is 2.10. The Balaban J connectivity index is 3.37. The average Bonchev–Trinajstić information content (AvgIpc) is 2.56. The zero-order valence-electron chi connectivity index (χ0n) is 15.5. The highest BCUT2D eigenvalue weighted by atomic mass is 16.5. The molecule has 0 spiro atoms. The van der Waals surface area contributed by atoms with E-state index in [1.54, 1.807) is 0 Å². The molecule has 0 saturated heterocycles. The number of carbonyl (C=O) groups is 1. The van der Waals surface area contributed by atoms with Crippen molar-refractivity contribution in [3.63, 3.8) is 0 Å². The monoisotopic (exact) mass is 342 g/mol. The van der Waals surface area contributed by atoms with E-state index in [-0.39, 0.29) is 11.9 Å². The van der Waals surface area contributed by atoms with Crippen LogP contribution in [0, 0.1) is 0 Å². The van der Waals surface area contributed by atoms with Gasteiger partial charge < -0.3 is 21.9 Å². The predicted octanol–water partition coefficient (Wildman–Crippen LogP) is 2.83. The van der Waals surface area contributed by atoms with E-state index in [1.165, 1.54) is 51.4 Å². The molecular weight excluding hydrogens is 304 g/mol. The summed E-state index contributed by atoms with van der Waals surface area (Å²) in [4.78, 5) is 15.6. The van der Waals surface area contributed by atoms with Gasteiger partial charge in [0.1, 0.15) is 6.04 Å². The van der Waals surface area contributed by atoms with Crippen LogP contribution in [-0.4, -0.2) is 31.1 Å². The van der Waals surface area contributed by atoms with Gasteiger partial charge in [0.05, 0.1) is 6.61 Å². The largest absolute Gasteiger partial charge is 0.465 e. The van der Waals surface area contributed by atoms with Gasteiger partial charge >= 0.3 is 5.97 Å². The number of nitrogens with two attached hydrogens (primary N) is 3. The first kappa shape index (κ1) is 22.7. The first-order valence-electron chi connectivity index (χ1n) is 9.55. The van der Waals surface area contributed by atoms with Crippen LogP contribution in [-0.2, 0) is 9.53 Å². The molecule has 0 bridgehead atoms. The molecule has 0 aromatic carbocycles. The van der Waals surface area contributed by atoms with E-state index >= 15 is 0 Å². The molecule has 0 fully saturated rings. The summed E-state index contributed by atoms with van der Waals surface area (Å²) in [6.07, 6.45) is 13.8. The summed E-state index contributed by atoms with van der Waals surface area (Å²) in [5.74, 6) is -0.261. The zero-order chi connectivity index (χ0) is 18.0. The molecule has 1 atom stereocenters. The van der Waals surface area contributed by atoms with Crippen molar-refractivity contribution in [2.24, 2.45) is 22.2 Å². The molecule has 0 amide bonds. The van der Waals surface area contributed by atoms with E-state index in [4.69, 9.17) is 21.9 Å². The number of esters is 1. The van der Waals surface area contributed by atoms with E-state index in [1.807, 2.05) is 0 Å². The number of aliphatic imine (C=N–C) groups is 1. The number of carbonyl (C=O) groups excluding carboxylic acids is 1. The molecule has 142 valence electrons. The number of rotatable bonds is 16. The molecule has 6 N–H and O–H groups in total. The van der Waals surface area contributed by atoms with Gasteiger partial charge in [-0.3, -0.25) is 9.79 Å². The number of unbranched alkanes of at least 4 members (excludes halogenated alkanes) is 9. The Labute approximate surface area is 147 Å². The second kappa shape index (κ2) is 16.6. The lowest BCUT2D eigenvalue weighted by Crippen LogP contribution is -2.32. The lowest BCUT2D eigenvalue weighted by Gasteiger charge is -2.10. The quantitative estimate of drug-likeness (QED) is 0.172. The molecule has 0 aromatic heterocycles. The van der Waals surface area contributed by atoms with E-state index < -0.39 is 6.04 Å².